The topological polar surface area (TPSA) is 50.1 Å². The average Bonchev–Trinajstić information content (AvgIpc) is 3.24. The van der Waals surface area contributed by atoms with Crippen LogP contribution in [0.5, 0.6) is 0 Å². The van der Waals surface area contributed by atoms with Gasteiger partial charge in [-0.25, -0.2) is 0 Å². The molecular weight excluding hydrogens is 232 g/mol. The molecule has 0 radical (unpaired) electrons. The highest BCUT2D eigenvalue weighted by Crippen LogP contribution is 2.69. The van der Waals surface area contributed by atoms with Crippen molar-refractivity contribution >= 4 is 0 Å². The molecule has 8 atom stereocenters. The number of hydrogen-bond acceptors (Lipinski definition) is 4. The lowest BCUT2D eigenvalue weighted by atomic mass is 9.84. The lowest BCUT2D eigenvalue weighted by Crippen LogP contribution is -2.38. The second kappa shape index (κ2) is 2.51. The third kappa shape index (κ3) is 0.883. The van der Waals surface area contributed by atoms with Crippen LogP contribution in [0.3, 0.4) is 0 Å². The molecule has 4 heterocycles. The Kier molecular flexibility index (Phi) is 1.26. The van der Waals surface area contributed by atoms with Crippen LogP contribution in [0.1, 0.15) is 11.7 Å². The van der Waals surface area contributed by atoms with Gasteiger partial charge in [-0.15, -0.1) is 0 Å². The molecule has 5 fully saturated rings. The van der Waals surface area contributed by atoms with Gasteiger partial charge in [-0.2, -0.15) is 0 Å². The van der Waals surface area contributed by atoms with Gasteiger partial charge >= 0.3 is 0 Å². The largest absolute Gasteiger partial charge is 0.364 e. The second-order valence-corrected chi connectivity index (χ2v) is 5.87. The van der Waals surface area contributed by atoms with Crippen LogP contribution in [0.15, 0.2) is 30.3 Å². The quantitative estimate of drug-likeness (QED) is 0.722. The van der Waals surface area contributed by atoms with E-state index in [1.54, 1.807) is 0 Å². The molecule has 18 heavy (non-hydrogen) atoms. The summed E-state index contributed by atoms with van der Waals surface area (Å²) >= 11 is 0. The maximum atomic E-state index is 5.97. The van der Waals surface area contributed by atoms with Crippen LogP contribution in [0.25, 0.3) is 0 Å². The molecule has 0 amide bonds. The van der Waals surface area contributed by atoms with E-state index in [0.717, 1.165) is 0 Å². The third-order valence-electron chi connectivity index (χ3n) is 4.94. The normalized spacial score (nSPS) is 61.2. The zero-order valence-corrected chi connectivity index (χ0v) is 9.56. The van der Waals surface area contributed by atoms with E-state index in [4.69, 9.17) is 18.9 Å². The Bertz CT molecular complexity index is 536. The summed E-state index contributed by atoms with van der Waals surface area (Å²) in [5.41, 5.74) is 1.05. The summed E-state index contributed by atoms with van der Waals surface area (Å²) in [5, 5.41) is 0. The van der Waals surface area contributed by atoms with Gasteiger partial charge in [0.25, 0.3) is 0 Å². The summed E-state index contributed by atoms with van der Waals surface area (Å²) in [6, 6.07) is 10.4. The van der Waals surface area contributed by atoms with E-state index in [1.807, 2.05) is 18.2 Å². The van der Waals surface area contributed by atoms with E-state index >= 15 is 0 Å². The first kappa shape index (κ1) is 9.04. The second-order valence-electron chi connectivity index (χ2n) is 5.87. The molecule has 1 aromatic rings. The SMILES string of the molecule is c1ccc(C2OC2C23OC2C2OC2C2OC23)cc1. The molecule has 1 saturated carbocycles. The molecule has 0 bridgehead atoms. The van der Waals surface area contributed by atoms with E-state index in [2.05, 4.69) is 12.1 Å². The van der Waals surface area contributed by atoms with Crippen molar-refractivity contribution in [3.8, 4) is 0 Å². The molecule has 5 aliphatic rings. The third-order valence-corrected chi connectivity index (χ3v) is 4.94. The molecule has 0 aromatic heterocycles. The molecule has 0 N–H and O–H groups in total. The van der Waals surface area contributed by atoms with E-state index < -0.39 is 0 Å². The molecule has 92 valence electrons. The maximum absolute atomic E-state index is 5.97. The Morgan fingerprint density at radius 1 is 0.778 bits per heavy atom. The predicted molar refractivity (Wildman–Crippen MR) is 59.0 cm³/mol. The molecule has 1 aromatic carbocycles. The van der Waals surface area contributed by atoms with Gasteiger partial charge in [-0.05, 0) is 5.56 Å². The Morgan fingerprint density at radius 3 is 2.50 bits per heavy atom. The van der Waals surface area contributed by atoms with E-state index in [9.17, 15) is 0 Å². The zero-order valence-electron chi connectivity index (χ0n) is 9.56. The molecule has 4 nitrogen and oxygen atoms in total. The van der Waals surface area contributed by atoms with Crippen LogP contribution in [-0.4, -0.2) is 42.2 Å². The van der Waals surface area contributed by atoms with Gasteiger partial charge in [-0.1, -0.05) is 30.3 Å². The summed E-state index contributed by atoms with van der Waals surface area (Å²) in [6.07, 6.45) is 1.62. The van der Waals surface area contributed by atoms with Gasteiger partial charge in [0.05, 0.1) is 0 Å². The van der Waals surface area contributed by atoms with E-state index in [1.165, 1.54) is 5.56 Å². The van der Waals surface area contributed by atoms with Crippen molar-refractivity contribution < 1.29 is 18.9 Å². The molecular formula is C14H12O4. The highest BCUT2D eigenvalue weighted by atomic mass is 16.8. The van der Waals surface area contributed by atoms with Crippen molar-refractivity contribution in [3.05, 3.63) is 35.9 Å². The Morgan fingerprint density at radius 2 is 1.61 bits per heavy atom. The Labute approximate surface area is 104 Å². The molecule has 1 aliphatic carbocycles. The molecule has 0 spiro atoms. The van der Waals surface area contributed by atoms with Gasteiger partial charge in [-0.3, -0.25) is 0 Å². The number of hydrogen-bond donors (Lipinski definition) is 0. The van der Waals surface area contributed by atoms with Gasteiger partial charge in [0, 0.05) is 0 Å². The molecule has 8 unspecified atom stereocenters. The summed E-state index contributed by atoms with van der Waals surface area (Å²) in [6.45, 7) is 0. The number of ether oxygens (including phenoxy) is 4. The number of fused-ring (bicyclic) bond motifs is 6. The van der Waals surface area contributed by atoms with Crippen molar-refractivity contribution in [2.45, 2.75) is 48.3 Å². The number of benzene rings is 1. The van der Waals surface area contributed by atoms with E-state index in [0.29, 0.717) is 6.10 Å². The van der Waals surface area contributed by atoms with Crippen molar-refractivity contribution in [1.82, 2.24) is 0 Å². The highest BCUT2D eigenvalue weighted by molar-refractivity contribution is 5.37. The summed E-state index contributed by atoms with van der Waals surface area (Å²) < 4.78 is 23.2. The number of epoxide rings is 4. The van der Waals surface area contributed by atoms with Crippen molar-refractivity contribution in [1.29, 1.82) is 0 Å². The summed E-state index contributed by atoms with van der Waals surface area (Å²) in [5.74, 6) is 0. The molecule has 4 heteroatoms. The predicted octanol–water partition coefficient (Wildman–Crippen LogP) is 0.812. The molecule has 4 saturated heterocycles. The maximum Gasteiger partial charge on any atom is 0.155 e. The Balaban J connectivity index is 1.33. The Hall–Kier alpha value is -0.940. The fourth-order valence-corrected chi connectivity index (χ4v) is 3.86. The number of rotatable bonds is 2. The lowest BCUT2D eigenvalue weighted by molar-refractivity contribution is 0.188. The minimum atomic E-state index is -0.192. The highest BCUT2D eigenvalue weighted by Gasteiger charge is 2.89. The van der Waals surface area contributed by atoms with Crippen LogP contribution in [-0.2, 0) is 18.9 Å². The van der Waals surface area contributed by atoms with Crippen LogP contribution in [0.4, 0.5) is 0 Å². The van der Waals surface area contributed by atoms with Crippen molar-refractivity contribution in [2.75, 3.05) is 0 Å². The first-order valence-corrected chi connectivity index (χ1v) is 6.59. The smallest absolute Gasteiger partial charge is 0.155 e. The zero-order chi connectivity index (χ0) is 11.5. The van der Waals surface area contributed by atoms with Crippen LogP contribution >= 0.6 is 0 Å². The first-order chi connectivity index (χ1) is 8.89. The van der Waals surface area contributed by atoms with Crippen LogP contribution < -0.4 is 0 Å². The standard InChI is InChI=1S/C14H12O4/c1-2-4-6(5-3-1)7-11(16-7)14-12-9(17-12)8-10(15-8)13(14)18-14/h1-5,7-13H. The van der Waals surface area contributed by atoms with Crippen molar-refractivity contribution in [3.63, 3.8) is 0 Å². The van der Waals surface area contributed by atoms with Gasteiger partial charge < -0.3 is 18.9 Å². The van der Waals surface area contributed by atoms with Crippen LogP contribution in [0.2, 0.25) is 0 Å². The van der Waals surface area contributed by atoms with Gasteiger partial charge in [0.2, 0.25) is 0 Å². The van der Waals surface area contributed by atoms with Crippen molar-refractivity contribution in [2.24, 2.45) is 0 Å². The van der Waals surface area contributed by atoms with Gasteiger partial charge in [0.1, 0.15) is 42.7 Å². The minimum absolute atomic E-state index is 0.157. The fraction of sp³-hybridized carbons (Fsp3) is 0.571. The monoisotopic (exact) mass is 244 g/mol. The molecule has 4 aliphatic heterocycles. The fourth-order valence-electron chi connectivity index (χ4n) is 3.86. The summed E-state index contributed by atoms with van der Waals surface area (Å²) in [4.78, 5) is 0. The summed E-state index contributed by atoms with van der Waals surface area (Å²) in [7, 11) is 0. The first-order valence-electron chi connectivity index (χ1n) is 6.59. The molecule has 6 rings (SSSR count). The lowest BCUT2D eigenvalue weighted by Gasteiger charge is -2.08. The van der Waals surface area contributed by atoms with Gasteiger partial charge in [0.15, 0.2) is 5.60 Å². The average molecular weight is 244 g/mol. The minimum Gasteiger partial charge on any atom is -0.364 e. The van der Waals surface area contributed by atoms with Crippen LogP contribution in [0, 0.1) is 0 Å². The van der Waals surface area contributed by atoms with E-state index in [-0.39, 0.29) is 42.2 Å².